The molecule has 1 fully saturated rings. The molecule has 3 heterocycles. The molecule has 164 valence electrons. The Hall–Kier alpha value is -3.98. The van der Waals surface area contributed by atoms with Crippen LogP contribution in [0.15, 0.2) is 113 Å². The summed E-state index contributed by atoms with van der Waals surface area (Å²) in [5, 5.41) is 2.25. The monoisotopic (exact) mass is 440 g/mol. The molecule has 4 aromatic rings. The van der Waals surface area contributed by atoms with Gasteiger partial charge in [-0.1, -0.05) is 73.8 Å². The zero-order valence-electron chi connectivity index (χ0n) is 18.9. The van der Waals surface area contributed by atoms with Crippen molar-refractivity contribution in [2.24, 2.45) is 15.9 Å². The van der Waals surface area contributed by atoms with Gasteiger partial charge in [-0.25, -0.2) is 0 Å². The molecular weight excluding hydrogens is 416 g/mol. The van der Waals surface area contributed by atoms with E-state index in [-0.39, 0.29) is 23.4 Å². The smallest absolute Gasteiger partial charge is 0.145 e. The van der Waals surface area contributed by atoms with E-state index >= 15 is 0 Å². The molecule has 4 atom stereocenters. The first kappa shape index (κ1) is 19.5. The van der Waals surface area contributed by atoms with E-state index in [1.54, 1.807) is 0 Å². The van der Waals surface area contributed by atoms with Gasteiger partial charge in [0.15, 0.2) is 0 Å². The molecule has 3 heteroatoms. The molecule has 3 nitrogen and oxygen atoms in total. The number of nitrogens with zero attached hydrogens (tertiary/aromatic N) is 2. The minimum Gasteiger partial charge on any atom is -0.455 e. The van der Waals surface area contributed by atoms with Crippen molar-refractivity contribution < 1.29 is 4.42 Å². The molecule has 1 aromatic heterocycles. The van der Waals surface area contributed by atoms with Crippen LogP contribution in [-0.4, -0.2) is 23.0 Å². The Morgan fingerprint density at radius 1 is 0.882 bits per heavy atom. The standard InChI is InChI=1S/C31H24N2O/c1-4-23-29-28(21-13-8-7-11-19(21)24(5-2)32-29)31(23)17-18-15-16-22-20-12-9-10-14-26(20)34-30(22)27(18)25(6-3)33-31/h4-16,23,28-29H,1-3,17H2. The number of furan rings is 1. The van der Waals surface area contributed by atoms with E-state index in [2.05, 4.69) is 68.3 Å². The van der Waals surface area contributed by atoms with Crippen molar-refractivity contribution in [2.45, 2.75) is 23.9 Å². The highest BCUT2D eigenvalue weighted by atomic mass is 16.3. The third-order valence-corrected chi connectivity index (χ3v) is 8.02. The van der Waals surface area contributed by atoms with E-state index in [0.29, 0.717) is 0 Å². The van der Waals surface area contributed by atoms with Crippen LogP contribution in [0.4, 0.5) is 0 Å². The second kappa shape index (κ2) is 6.77. The van der Waals surface area contributed by atoms with Crippen molar-refractivity contribution in [3.05, 3.63) is 121 Å². The highest BCUT2D eigenvalue weighted by Crippen LogP contribution is 2.60. The van der Waals surface area contributed by atoms with Gasteiger partial charge in [-0.3, -0.25) is 9.98 Å². The van der Waals surface area contributed by atoms with Crippen LogP contribution < -0.4 is 0 Å². The number of para-hydroxylation sites is 1. The fraction of sp³-hybridized carbons (Fsp3) is 0.161. The Balaban J connectivity index is 1.46. The van der Waals surface area contributed by atoms with E-state index in [1.165, 1.54) is 11.1 Å². The molecule has 3 aliphatic rings. The molecule has 4 unspecified atom stereocenters. The average molecular weight is 441 g/mol. The lowest BCUT2D eigenvalue weighted by Gasteiger charge is -2.60. The predicted octanol–water partition coefficient (Wildman–Crippen LogP) is 6.81. The molecule has 1 saturated carbocycles. The number of hydrogen-bond donors (Lipinski definition) is 0. The maximum Gasteiger partial charge on any atom is 0.145 e. The topological polar surface area (TPSA) is 37.9 Å². The lowest BCUT2D eigenvalue weighted by atomic mass is 9.49. The van der Waals surface area contributed by atoms with Gasteiger partial charge < -0.3 is 4.42 Å². The van der Waals surface area contributed by atoms with Crippen molar-refractivity contribution in [3.63, 3.8) is 0 Å². The second-order valence-corrected chi connectivity index (χ2v) is 9.48. The highest BCUT2D eigenvalue weighted by Gasteiger charge is 2.64. The van der Waals surface area contributed by atoms with Crippen LogP contribution >= 0.6 is 0 Å². The van der Waals surface area contributed by atoms with E-state index in [4.69, 9.17) is 14.4 Å². The molecule has 34 heavy (non-hydrogen) atoms. The summed E-state index contributed by atoms with van der Waals surface area (Å²) in [5.41, 5.74) is 8.10. The predicted molar refractivity (Wildman–Crippen MR) is 140 cm³/mol. The van der Waals surface area contributed by atoms with Gasteiger partial charge in [0.05, 0.1) is 23.0 Å². The Labute approximate surface area is 198 Å². The SMILES string of the molecule is C=CC1=NC2C(C=C)C3(Cc4ccc5c(oc6ccccc65)c4C(C=C)=N3)C2c2ccccc21. The largest absolute Gasteiger partial charge is 0.455 e. The average Bonchev–Trinajstić information content (AvgIpc) is 3.26. The fourth-order valence-electron chi connectivity index (χ4n) is 6.64. The number of allylic oxidation sites excluding steroid dienone is 2. The molecule has 0 N–H and O–H groups in total. The van der Waals surface area contributed by atoms with Crippen LogP contribution in [0.1, 0.15) is 28.2 Å². The van der Waals surface area contributed by atoms with E-state index < -0.39 is 0 Å². The van der Waals surface area contributed by atoms with E-state index in [9.17, 15) is 0 Å². The molecule has 7 rings (SSSR count). The first-order valence-electron chi connectivity index (χ1n) is 11.8. The Kier molecular flexibility index (Phi) is 3.88. The van der Waals surface area contributed by atoms with Crippen molar-refractivity contribution in [1.82, 2.24) is 0 Å². The third-order valence-electron chi connectivity index (χ3n) is 8.02. The molecule has 0 radical (unpaired) electrons. The zero-order valence-corrected chi connectivity index (χ0v) is 18.9. The van der Waals surface area contributed by atoms with Gasteiger partial charge in [-0.15, -0.1) is 6.58 Å². The summed E-state index contributed by atoms with van der Waals surface area (Å²) >= 11 is 0. The summed E-state index contributed by atoms with van der Waals surface area (Å²) in [4.78, 5) is 10.6. The summed E-state index contributed by atoms with van der Waals surface area (Å²) in [5.74, 6) is 0.320. The highest BCUT2D eigenvalue weighted by molar-refractivity contribution is 6.20. The molecule has 0 saturated heterocycles. The Morgan fingerprint density at radius 2 is 1.68 bits per heavy atom. The van der Waals surface area contributed by atoms with Crippen molar-refractivity contribution >= 4 is 33.4 Å². The van der Waals surface area contributed by atoms with Gasteiger partial charge >= 0.3 is 0 Å². The number of rotatable bonds is 3. The van der Waals surface area contributed by atoms with Crippen LogP contribution in [0.3, 0.4) is 0 Å². The molecule has 0 bridgehead atoms. The lowest BCUT2D eigenvalue weighted by molar-refractivity contribution is 0.0916. The van der Waals surface area contributed by atoms with Crippen LogP contribution in [0.5, 0.6) is 0 Å². The minimum absolute atomic E-state index is 0.117. The summed E-state index contributed by atoms with van der Waals surface area (Å²) in [6, 6.07) is 21.3. The first-order chi connectivity index (χ1) is 16.7. The first-order valence-corrected chi connectivity index (χ1v) is 11.8. The molecule has 3 aromatic carbocycles. The van der Waals surface area contributed by atoms with Gasteiger partial charge in [0.1, 0.15) is 11.2 Å². The number of benzene rings is 3. The summed E-state index contributed by atoms with van der Waals surface area (Å²) in [6.07, 6.45) is 6.62. The normalized spacial score (nSPS) is 26.6. The Bertz CT molecular complexity index is 1620. The molecule has 1 spiro atoms. The van der Waals surface area contributed by atoms with Gasteiger partial charge in [0.2, 0.25) is 0 Å². The molecule has 1 aliphatic carbocycles. The molecular formula is C31H24N2O. The van der Waals surface area contributed by atoms with Crippen LogP contribution in [0.25, 0.3) is 21.9 Å². The summed E-state index contributed by atoms with van der Waals surface area (Å²) < 4.78 is 6.37. The number of aliphatic imine (C=N–C) groups is 2. The maximum absolute atomic E-state index is 6.37. The van der Waals surface area contributed by atoms with Gasteiger partial charge in [0.25, 0.3) is 0 Å². The van der Waals surface area contributed by atoms with Gasteiger partial charge in [-0.2, -0.15) is 0 Å². The van der Waals surface area contributed by atoms with E-state index in [1.807, 2.05) is 30.4 Å². The number of fused-ring (bicyclic) bond motifs is 9. The second-order valence-electron chi connectivity index (χ2n) is 9.48. The van der Waals surface area contributed by atoms with Crippen LogP contribution in [0, 0.1) is 5.92 Å². The van der Waals surface area contributed by atoms with E-state index in [0.717, 1.165) is 50.9 Å². The van der Waals surface area contributed by atoms with Gasteiger partial charge in [0, 0.05) is 33.7 Å². The van der Waals surface area contributed by atoms with Gasteiger partial charge in [-0.05, 0) is 35.8 Å². The van der Waals surface area contributed by atoms with Crippen molar-refractivity contribution in [1.29, 1.82) is 0 Å². The lowest BCUT2D eigenvalue weighted by Crippen LogP contribution is -2.65. The quantitative estimate of drug-likeness (QED) is 0.322. The molecule has 2 aliphatic heterocycles. The minimum atomic E-state index is -0.338. The van der Waals surface area contributed by atoms with Crippen molar-refractivity contribution in [3.8, 4) is 0 Å². The summed E-state index contributed by atoms with van der Waals surface area (Å²) in [6.45, 7) is 12.4. The summed E-state index contributed by atoms with van der Waals surface area (Å²) in [7, 11) is 0. The van der Waals surface area contributed by atoms with Crippen LogP contribution in [0.2, 0.25) is 0 Å². The number of hydrogen-bond acceptors (Lipinski definition) is 3. The van der Waals surface area contributed by atoms with Crippen LogP contribution in [-0.2, 0) is 6.42 Å². The third kappa shape index (κ3) is 2.27. The zero-order chi connectivity index (χ0) is 23.0. The maximum atomic E-state index is 6.37. The van der Waals surface area contributed by atoms with Crippen molar-refractivity contribution in [2.75, 3.05) is 0 Å². The Morgan fingerprint density at radius 3 is 2.50 bits per heavy atom. The fourth-order valence-corrected chi connectivity index (χ4v) is 6.64. The molecule has 0 amide bonds.